The Hall–Kier alpha value is -3.44. The van der Waals surface area contributed by atoms with Crippen LogP contribution in [0.3, 0.4) is 0 Å². The van der Waals surface area contributed by atoms with Crippen molar-refractivity contribution in [3.63, 3.8) is 0 Å². The molecule has 2 aromatic heterocycles. The highest BCUT2D eigenvalue weighted by Crippen LogP contribution is 2.41. The molecule has 2 amide bonds. The number of fused-ring (bicyclic) bond motifs is 1. The number of oxime groups is 1. The number of H-pyrrole nitrogens is 1. The number of thiazole rings is 1. The highest BCUT2D eigenvalue weighted by atomic mass is 32.2. The molecule has 2 aromatic rings. The van der Waals surface area contributed by atoms with E-state index in [9.17, 15) is 24.3 Å². The third-order valence-corrected chi connectivity index (χ3v) is 7.60. The minimum atomic E-state index is -1.27. The molecule has 1 unspecified atom stereocenters. The molecule has 2 aliphatic heterocycles. The van der Waals surface area contributed by atoms with Gasteiger partial charge in [0.1, 0.15) is 36.1 Å². The van der Waals surface area contributed by atoms with Crippen LogP contribution in [-0.2, 0) is 19.2 Å². The molecule has 0 radical (unpaired) electrons. The Balaban J connectivity index is 1.49. The molecule has 4 rings (SSSR count). The van der Waals surface area contributed by atoms with Crippen LogP contribution in [0.1, 0.15) is 5.69 Å². The Labute approximate surface area is 203 Å². The van der Waals surface area contributed by atoms with Gasteiger partial charge in [-0.3, -0.25) is 24.3 Å². The summed E-state index contributed by atoms with van der Waals surface area (Å²) in [5.41, 5.74) is 5.53. The van der Waals surface area contributed by atoms with Crippen LogP contribution in [0, 0.1) is 0 Å². The summed E-state index contributed by atoms with van der Waals surface area (Å²) < 4.78 is 0. The second-order valence-electron chi connectivity index (χ2n) is 6.74. The van der Waals surface area contributed by atoms with Gasteiger partial charge in [-0.2, -0.15) is 5.10 Å². The number of nitrogens with two attached hydrogens (primary N) is 1. The average molecular weight is 525 g/mol. The number of rotatable bonds is 8. The van der Waals surface area contributed by atoms with Gasteiger partial charge in [0.15, 0.2) is 16.0 Å². The topological polar surface area (TPSA) is 206 Å². The summed E-state index contributed by atoms with van der Waals surface area (Å²) in [5.74, 6) is -2.09. The maximum absolute atomic E-state index is 12.9. The standard InChI is InChI=1S/C17H16N8O6S3/c1-31-24-9(7-5-33-16(18)20-7)12(27)22-10-13(28)25-11(15(29)30)6(3-32-14(10)25)4-34-17-21-8(26)2-19-23-17/h2,5,10,14H,3-4H2,1H3,(H2,18,20)(H,22,27)(H,29,30)(H,21,23,26)/t10?,14-/m1/s1. The van der Waals surface area contributed by atoms with Crippen molar-refractivity contribution in [2.45, 2.75) is 16.6 Å². The Morgan fingerprint density at radius 1 is 1.47 bits per heavy atom. The van der Waals surface area contributed by atoms with E-state index in [2.05, 4.69) is 30.6 Å². The van der Waals surface area contributed by atoms with Crippen molar-refractivity contribution in [1.29, 1.82) is 0 Å². The van der Waals surface area contributed by atoms with Gasteiger partial charge in [-0.05, 0) is 5.57 Å². The number of aliphatic carboxylic acids is 1. The maximum Gasteiger partial charge on any atom is 0.352 e. The minimum absolute atomic E-state index is 0.156. The van der Waals surface area contributed by atoms with E-state index in [1.54, 1.807) is 0 Å². The Morgan fingerprint density at radius 3 is 2.91 bits per heavy atom. The largest absolute Gasteiger partial charge is 0.477 e. The number of aromatic amines is 1. The molecule has 178 valence electrons. The highest BCUT2D eigenvalue weighted by Gasteiger charge is 2.54. The van der Waals surface area contributed by atoms with Crippen LogP contribution in [0.2, 0.25) is 0 Å². The summed E-state index contributed by atoms with van der Waals surface area (Å²) in [5, 5.41) is 24.7. The number of carbonyl (C=O) groups excluding carboxylic acids is 2. The van der Waals surface area contributed by atoms with E-state index < -0.39 is 34.8 Å². The first-order chi connectivity index (χ1) is 16.3. The fourth-order valence-electron chi connectivity index (χ4n) is 3.21. The number of nitrogens with one attached hydrogen (secondary N) is 2. The van der Waals surface area contributed by atoms with Gasteiger partial charge in [-0.15, -0.1) is 28.2 Å². The minimum Gasteiger partial charge on any atom is -0.477 e. The molecule has 5 N–H and O–H groups in total. The first-order valence-corrected chi connectivity index (χ1v) is 12.3. The van der Waals surface area contributed by atoms with Gasteiger partial charge in [-0.25, -0.2) is 9.78 Å². The predicted molar refractivity (Wildman–Crippen MR) is 123 cm³/mol. The first-order valence-electron chi connectivity index (χ1n) is 9.38. The molecule has 0 bridgehead atoms. The quantitative estimate of drug-likeness (QED) is 0.143. The van der Waals surface area contributed by atoms with Crippen LogP contribution >= 0.6 is 34.9 Å². The molecule has 1 fully saturated rings. The molecule has 1 saturated heterocycles. The van der Waals surface area contributed by atoms with E-state index in [0.29, 0.717) is 11.3 Å². The van der Waals surface area contributed by atoms with Crippen molar-refractivity contribution in [1.82, 2.24) is 30.4 Å². The normalized spacial score (nSPS) is 20.0. The van der Waals surface area contributed by atoms with Crippen molar-refractivity contribution in [3.05, 3.63) is 38.9 Å². The third-order valence-electron chi connectivity index (χ3n) is 4.64. The van der Waals surface area contributed by atoms with Crippen LogP contribution in [0.25, 0.3) is 0 Å². The lowest BCUT2D eigenvalue weighted by atomic mass is 10.0. The highest BCUT2D eigenvalue weighted by molar-refractivity contribution is 8.01. The molecule has 34 heavy (non-hydrogen) atoms. The lowest BCUT2D eigenvalue weighted by Crippen LogP contribution is -2.71. The number of anilines is 1. The molecule has 0 saturated carbocycles. The monoisotopic (exact) mass is 524 g/mol. The van der Waals surface area contributed by atoms with Gasteiger partial charge in [0.25, 0.3) is 17.4 Å². The van der Waals surface area contributed by atoms with Crippen molar-refractivity contribution >= 4 is 63.5 Å². The Morgan fingerprint density at radius 2 is 2.26 bits per heavy atom. The molecule has 17 heteroatoms. The van der Waals surface area contributed by atoms with E-state index >= 15 is 0 Å². The number of carboxylic acid groups (broad SMARTS) is 1. The molecular formula is C17H16N8O6S3. The number of aromatic nitrogens is 4. The lowest BCUT2D eigenvalue weighted by molar-refractivity contribution is -0.150. The maximum atomic E-state index is 12.9. The first kappa shape index (κ1) is 23.7. The molecule has 0 aliphatic carbocycles. The van der Waals surface area contributed by atoms with Crippen LogP contribution in [0.5, 0.6) is 0 Å². The fraction of sp³-hybridized carbons (Fsp3) is 0.294. The zero-order valence-electron chi connectivity index (χ0n) is 17.3. The summed E-state index contributed by atoms with van der Waals surface area (Å²) in [7, 11) is 1.26. The summed E-state index contributed by atoms with van der Waals surface area (Å²) >= 11 is 3.51. The van der Waals surface area contributed by atoms with Crippen molar-refractivity contribution in [3.8, 4) is 0 Å². The van der Waals surface area contributed by atoms with Crippen LogP contribution in [-0.4, -0.2) is 83.7 Å². The molecule has 14 nitrogen and oxygen atoms in total. The summed E-state index contributed by atoms with van der Waals surface area (Å²) in [6.45, 7) is 0. The second kappa shape index (κ2) is 9.82. The number of hydrogen-bond acceptors (Lipinski definition) is 13. The van der Waals surface area contributed by atoms with E-state index in [4.69, 9.17) is 10.6 Å². The molecule has 0 aromatic carbocycles. The smallest absolute Gasteiger partial charge is 0.352 e. The van der Waals surface area contributed by atoms with Gasteiger partial charge in [0.05, 0.1) is 0 Å². The number of carbonyl (C=O) groups is 3. The van der Waals surface area contributed by atoms with Crippen molar-refractivity contribution in [2.75, 3.05) is 24.3 Å². The van der Waals surface area contributed by atoms with Crippen molar-refractivity contribution in [2.24, 2.45) is 5.16 Å². The number of nitrogen functional groups attached to an aromatic ring is 1. The molecule has 4 heterocycles. The number of hydrogen-bond donors (Lipinski definition) is 4. The summed E-state index contributed by atoms with van der Waals surface area (Å²) in [6, 6.07) is -0.963. The van der Waals surface area contributed by atoms with E-state index in [1.807, 2.05) is 0 Å². The molecular weight excluding hydrogens is 508 g/mol. The summed E-state index contributed by atoms with van der Waals surface area (Å²) in [6.07, 6.45) is 1.02. The van der Waals surface area contributed by atoms with Crippen LogP contribution in [0.15, 0.2) is 38.0 Å². The van der Waals surface area contributed by atoms with Gasteiger partial charge in [0, 0.05) is 16.9 Å². The van der Waals surface area contributed by atoms with Crippen LogP contribution in [0.4, 0.5) is 5.13 Å². The van der Waals surface area contributed by atoms with Gasteiger partial charge < -0.3 is 21.0 Å². The summed E-state index contributed by atoms with van der Waals surface area (Å²) in [4.78, 5) is 61.3. The molecule has 2 aliphatic rings. The van der Waals surface area contributed by atoms with Gasteiger partial charge >= 0.3 is 5.97 Å². The van der Waals surface area contributed by atoms with E-state index in [1.165, 1.54) is 24.3 Å². The number of amides is 2. The fourth-order valence-corrected chi connectivity index (χ4v) is 6.06. The Bertz CT molecular complexity index is 1270. The van der Waals surface area contributed by atoms with E-state index in [-0.39, 0.29) is 33.1 Å². The third kappa shape index (κ3) is 4.62. The SMILES string of the molecule is CON=C(C(=O)NC1C(=O)N2C(C(=O)O)=C(CSc3nncc(=O)[nH]3)CS[C@H]12)c1csc(N)n1. The number of thioether (sulfide) groups is 2. The van der Waals surface area contributed by atoms with Crippen molar-refractivity contribution < 1.29 is 24.3 Å². The van der Waals surface area contributed by atoms with E-state index in [0.717, 1.165) is 34.2 Å². The zero-order valence-corrected chi connectivity index (χ0v) is 19.7. The second-order valence-corrected chi connectivity index (χ2v) is 9.70. The number of β-lactam (4-membered cyclic amide) rings is 1. The zero-order chi connectivity index (χ0) is 24.4. The Kier molecular flexibility index (Phi) is 6.85. The van der Waals surface area contributed by atoms with Gasteiger partial charge in [0.2, 0.25) is 0 Å². The van der Waals surface area contributed by atoms with Gasteiger partial charge in [-0.1, -0.05) is 16.9 Å². The molecule has 0 spiro atoms. The predicted octanol–water partition coefficient (Wildman–Crippen LogP) is -0.915. The number of carboxylic acids is 1. The molecule has 2 atom stereocenters. The number of nitrogens with zero attached hydrogens (tertiary/aromatic N) is 5. The average Bonchev–Trinajstić information content (AvgIpc) is 3.24. The lowest BCUT2D eigenvalue weighted by Gasteiger charge is -2.49. The van der Waals surface area contributed by atoms with Crippen LogP contribution < -0.4 is 16.6 Å².